The molecule has 0 heterocycles. The number of nitrogens with zero attached hydrogens (tertiary/aromatic N) is 1. The van der Waals surface area contributed by atoms with Crippen molar-refractivity contribution >= 4 is 33.4 Å². The molecule has 4 nitrogen and oxygen atoms in total. The highest BCUT2D eigenvalue weighted by molar-refractivity contribution is 9.10. The summed E-state index contributed by atoms with van der Waals surface area (Å²) in [6.07, 6.45) is 0. The fourth-order valence-corrected chi connectivity index (χ4v) is 3.13. The number of carbonyl (C=O) groups is 2. The van der Waals surface area contributed by atoms with Crippen molar-refractivity contribution in [1.82, 2.24) is 4.90 Å². The zero-order valence-corrected chi connectivity index (χ0v) is 16.2. The van der Waals surface area contributed by atoms with Gasteiger partial charge in [0.2, 0.25) is 5.91 Å². The van der Waals surface area contributed by atoms with Gasteiger partial charge in [-0.3, -0.25) is 9.59 Å². The maximum atomic E-state index is 13.4. The Bertz CT molecular complexity index is 813. The van der Waals surface area contributed by atoms with Crippen LogP contribution in [0.3, 0.4) is 0 Å². The number of nitrogens with one attached hydrogen (secondary N) is 1. The highest BCUT2D eigenvalue weighted by atomic mass is 79.9. The molecule has 0 spiro atoms. The van der Waals surface area contributed by atoms with Crippen LogP contribution in [-0.2, 0) is 4.79 Å². The van der Waals surface area contributed by atoms with E-state index in [1.165, 1.54) is 24.1 Å². The number of amides is 2. The largest absolute Gasteiger partial charge is 0.332 e. The van der Waals surface area contributed by atoms with Gasteiger partial charge in [0, 0.05) is 17.2 Å². The van der Waals surface area contributed by atoms with Gasteiger partial charge in [-0.1, -0.05) is 17.7 Å². The highest BCUT2D eigenvalue weighted by Gasteiger charge is 2.19. The summed E-state index contributed by atoms with van der Waals surface area (Å²) in [5.74, 6) is -1.24. The molecule has 0 bridgehead atoms. The van der Waals surface area contributed by atoms with Crippen molar-refractivity contribution < 1.29 is 14.0 Å². The molecule has 0 atom stereocenters. The predicted octanol–water partition coefficient (Wildman–Crippen LogP) is 4.22. The highest BCUT2D eigenvalue weighted by Crippen LogP contribution is 2.22. The van der Waals surface area contributed by atoms with E-state index in [9.17, 15) is 14.0 Å². The summed E-state index contributed by atoms with van der Waals surface area (Å²) in [4.78, 5) is 26.0. The van der Waals surface area contributed by atoms with Gasteiger partial charge in [-0.2, -0.15) is 0 Å². The van der Waals surface area contributed by atoms with Gasteiger partial charge in [-0.25, -0.2) is 4.39 Å². The summed E-state index contributed by atoms with van der Waals surface area (Å²) in [7, 11) is 1.51. The maximum Gasteiger partial charge on any atom is 0.255 e. The quantitative estimate of drug-likeness (QED) is 0.825. The summed E-state index contributed by atoms with van der Waals surface area (Å²) in [6.45, 7) is 5.71. The number of aryl methyl sites for hydroxylation is 3. The summed E-state index contributed by atoms with van der Waals surface area (Å²) >= 11 is 3.23. The molecule has 2 aromatic carbocycles. The van der Waals surface area contributed by atoms with Gasteiger partial charge in [0.25, 0.3) is 5.91 Å². The topological polar surface area (TPSA) is 49.4 Å². The fourth-order valence-electron chi connectivity index (χ4n) is 2.71. The number of hydrogen-bond donors (Lipinski definition) is 1. The molecular formula is C19H20BrFN2O2. The molecule has 0 aromatic heterocycles. The molecule has 6 heteroatoms. The minimum Gasteiger partial charge on any atom is -0.332 e. The van der Waals surface area contributed by atoms with Crippen molar-refractivity contribution in [3.8, 4) is 0 Å². The maximum absolute atomic E-state index is 13.4. The molecule has 1 N–H and O–H groups in total. The molecule has 0 radical (unpaired) electrons. The lowest BCUT2D eigenvalue weighted by Crippen LogP contribution is -2.35. The minimum atomic E-state index is -0.504. The van der Waals surface area contributed by atoms with E-state index < -0.39 is 11.7 Å². The standard InChI is InChI=1S/C19H20BrFN2O2/c1-11-7-12(2)18(13(3)8-11)22-17(24)10-23(4)19(25)15-9-14(21)5-6-16(15)20/h5-9H,10H2,1-4H3,(H,22,24). The number of rotatable bonds is 4. The monoisotopic (exact) mass is 406 g/mol. The van der Waals surface area contributed by atoms with Gasteiger partial charge < -0.3 is 10.2 Å². The smallest absolute Gasteiger partial charge is 0.255 e. The van der Waals surface area contributed by atoms with Gasteiger partial charge in [0.15, 0.2) is 0 Å². The summed E-state index contributed by atoms with van der Waals surface area (Å²) in [5, 5.41) is 2.85. The van der Waals surface area contributed by atoms with E-state index in [-0.39, 0.29) is 18.0 Å². The van der Waals surface area contributed by atoms with Crippen LogP contribution in [0.4, 0.5) is 10.1 Å². The van der Waals surface area contributed by atoms with E-state index in [2.05, 4.69) is 21.2 Å². The number of halogens is 2. The second kappa shape index (κ2) is 7.78. The Balaban J connectivity index is 2.10. The number of anilines is 1. The summed E-state index contributed by atoms with van der Waals surface area (Å²) in [6, 6.07) is 7.85. The van der Waals surface area contributed by atoms with Gasteiger partial charge >= 0.3 is 0 Å². The third-order valence-electron chi connectivity index (χ3n) is 3.83. The molecule has 2 rings (SSSR count). The first-order valence-electron chi connectivity index (χ1n) is 7.77. The molecule has 2 amide bonds. The lowest BCUT2D eigenvalue weighted by Gasteiger charge is -2.19. The molecule has 0 saturated heterocycles. The molecule has 0 fully saturated rings. The first kappa shape index (κ1) is 19.1. The van der Waals surface area contributed by atoms with Gasteiger partial charge in [-0.05, 0) is 66.0 Å². The SMILES string of the molecule is Cc1cc(C)c(NC(=O)CN(C)C(=O)c2cc(F)ccc2Br)c(C)c1. The number of benzene rings is 2. The van der Waals surface area contributed by atoms with Gasteiger partial charge in [-0.15, -0.1) is 0 Å². The van der Waals surface area contributed by atoms with Crippen LogP contribution >= 0.6 is 15.9 Å². The van der Waals surface area contributed by atoms with Crippen LogP contribution in [-0.4, -0.2) is 30.3 Å². The van der Waals surface area contributed by atoms with Crippen LogP contribution in [0, 0.1) is 26.6 Å². The average Bonchev–Trinajstić information content (AvgIpc) is 2.52. The van der Waals surface area contributed by atoms with Crippen molar-refractivity contribution in [2.75, 3.05) is 18.9 Å². The van der Waals surface area contributed by atoms with E-state index in [1.54, 1.807) is 0 Å². The molecule has 0 aliphatic heterocycles. The van der Waals surface area contributed by atoms with Crippen LogP contribution in [0.15, 0.2) is 34.8 Å². The summed E-state index contributed by atoms with van der Waals surface area (Å²) < 4.78 is 13.9. The Morgan fingerprint density at radius 3 is 2.32 bits per heavy atom. The zero-order valence-electron chi connectivity index (χ0n) is 14.6. The third kappa shape index (κ3) is 4.66. The minimum absolute atomic E-state index is 0.130. The van der Waals surface area contributed by atoms with E-state index in [0.29, 0.717) is 4.47 Å². The Labute approximate surface area is 155 Å². The zero-order chi connectivity index (χ0) is 18.7. The normalized spacial score (nSPS) is 10.5. The number of hydrogen-bond acceptors (Lipinski definition) is 2. The Morgan fingerprint density at radius 1 is 1.12 bits per heavy atom. The third-order valence-corrected chi connectivity index (χ3v) is 4.52. The first-order chi connectivity index (χ1) is 11.7. The molecule has 0 aliphatic rings. The van der Waals surface area contributed by atoms with Crippen LogP contribution < -0.4 is 5.32 Å². The molecule has 132 valence electrons. The number of likely N-dealkylation sites (N-methyl/N-ethyl adjacent to an activating group) is 1. The molecule has 0 unspecified atom stereocenters. The van der Waals surface area contributed by atoms with Crippen LogP contribution in [0.25, 0.3) is 0 Å². The van der Waals surface area contributed by atoms with Crippen LogP contribution in [0.2, 0.25) is 0 Å². The van der Waals surface area contributed by atoms with E-state index in [0.717, 1.165) is 28.4 Å². The Kier molecular flexibility index (Phi) is 5.95. The Morgan fingerprint density at radius 2 is 1.72 bits per heavy atom. The van der Waals surface area contributed by atoms with Crippen molar-refractivity contribution in [3.05, 3.63) is 62.9 Å². The molecule has 25 heavy (non-hydrogen) atoms. The molecule has 0 saturated carbocycles. The Hall–Kier alpha value is -2.21. The van der Waals surface area contributed by atoms with Crippen molar-refractivity contribution in [3.63, 3.8) is 0 Å². The van der Waals surface area contributed by atoms with Crippen molar-refractivity contribution in [1.29, 1.82) is 0 Å². The van der Waals surface area contributed by atoms with Crippen LogP contribution in [0.1, 0.15) is 27.0 Å². The van der Waals surface area contributed by atoms with Gasteiger partial charge in [0.1, 0.15) is 5.82 Å². The summed E-state index contributed by atoms with van der Waals surface area (Å²) in [5.41, 5.74) is 3.98. The second-order valence-corrected chi connectivity index (χ2v) is 6.96. The van der Waals surface area contributed by atoms with Crippen LogP contribution in [0.5, 0.6) is 0 Å². The number of carbonyl (C=O) groups excluding carboxylic acids is 2. The molecule has 2 aromatic rings. The fraction of sp³-hybridized carbons (Fsp3) is 0.263. The molecule has 0 aliphatic carbocycles. The predicted molar refractivity (Wildman–Crippen MR) is 100 cm³/mol. The van der Waals surface area contributed by atoms with E-state index in [1.807, 2.05) is 32.9 Å². The first-order valence-corrected chi connectivity index (χ1v) is 8.56. The molecular weight excluding hydrogens is 387 g/mol. The van der Waals surface area contributed by atoms with E-state index >= 15 is 0 Å². The second-order valence-electron chi connectivity index (χ2n) is 6.11. The lowest BCUT2D eigenvalue weighted by atomic mass is 10.1. The van der Waals surface area contributed by atoms with Gasteiger partial charge in [0.05, 0.1) is 12.1 Å². The van der Waals surface area contributed by atoms with E-state index in [4.69, 9.17) is 0 Å². The van der Waals surface area contributed by atoms with Crippen molar-refractivity contribution in [2.45, 2.75) is 20.8 Å². The van der Waals surface area contributed by atoms with Crippen molar-refractivity contribution in [2.24, 2.45) is 0 Å². The average molecular weight is 407 g/mol. The lowest BCUT2D eigenvalue weighted by molar-refractivity contribution is -0.116.